The van der Waals surface area contributed by atoms with Crippen LogP contribution >= 0.6 is 0 Å². The Kier molecular flexibility index (Phi) is 4.55. The number of urea groups is 1. The molecule has 5 nitrogen and oxygen atoms in total. The molecular weight excluding hydrogens is 254 g/mol. The molecule has 1 aromatic carbocycles. The third kappa shape index (κ3) is 3.71. The van der Waals surface area contributed by atoms with E-state index in [2.05, 4.69) is 15.6 Å². The topological polar surface area (TPSA) is 63.2 Å². The second-order valence-corrected chi connectivity index (χ2v) is 4.28. The molecule has 0 aliphatic heterocycles. The van der Waals surface area contributed by atoms with E-state index in [1.165, 1.54) is 0 Å². The summed E-state index contributed by atoms with van der Waals surface area (Å²) in [6.07, 6.45) is 0. The maximum absolute atomic E-state index is 11.8. The van der Waals surface area contributed by atoms with Gasteiger partial charge in [-0.05, 0) is 25.1 Å². The number of hydrogen-bond acceptors (Lipinski definition) is 3. The first-order valence-corrected chi connectivity index (χ1v) is 6.29. The van der Waals surface area contributed by atoms with Crippen molar-refractivity contribution in [2.24, 2.45) is 0 Å². The van der Waals surface area contributed by atoms with Crippen LogP contribution in [0.1, 0.15) is 11.3 Å². The van der Waals surface area contributed by atoms with Crippen molar-refractivity contribution in [2.45, 2.75) is 13.5 Å². The van der Waals surface area contributed by atoms with Crippen LogP contribution in [0.25, 0.3) is 0 Å². The Labute approximate surface area is 118 Å². The summed E-state index contributed by atoms with van der Waals surface area (Å²) in [6.45, 7) is 2.26. The standard InChI is InChI=1S/C15H17N3O2/c1-11-6-5-9-14(17-11)18-15(19)16-10-12-7-3-4-8-13(12)20-2/h3-9H,10H2,1-2H3,(H2,16,17,18,19). The normalized spacial score (nSPS) is 9.90. The van der Waals surface area contributed by atoms with Crippen molar-refractivity contribution in [1.29, 1.82) is 0 Å². The minimum atomic E-state index is -0.297. The highest BCUT2D eigenvalue weighted by Gasteiger charge is 2.05. The van der Waals surface area contributed by atoms with Crippen LogP contribution in [-0.4, -0.2) is 18.1 Å². The summed E-state index contributed by atoms with van der Waals surface area (Å²) in [7, 11) is 1.61. The lowest BCUT2D eigenvalue weighted by Gasteiger charge is -2.10. The van der Waals surface area contributed by atoms with Gasteiger partial charge in [0, 0.05) is 17.8 Å². The van der Waals surface area contributed by atoms with E-state index in [0.717, 1.165) is 17.0 Å². The van der Waals surface area contributed by atoms with Crippen LogP contribution in [0.2, 0.25) is 0 Å². The molecule has 2 N–H and O–H groups in total. The number of aryl methyl sites for hydroxylation is 1. The molecule has 1 heterocycles. The molecule has 20 heavy (non-hydrogen) atoms. The predicted octanol–water partition coefficient (Wildman–Crippen LogP) is 2.72. The van der Waals surface area contributed by atoms with Crippen LogP contribution in [0.3, 0.4) is 0 Å². The molecule has 0 saturated heterocycles. The van der Waals surface area contributed by atoms with Gasteiger partial charge in [-0.15, -0.1) is 0 Å². The molecule has 2 rings (SSSR count). The lowest BCUT2D eigenvalue weighted by Crippen LogP contribution is -2.28. The number of ether oxygens (including phenoxy) is 1. The number of benzene rings is 1. The van der Waals surface area contributed by atoms with Gasteiger partial charge in [-0.25, -0.2) is 9.78 Å². The van der Waals surface area contributed by atoms with Gasteiger partial charge in [0.2, 0.25) is 0 Å². The highest BCUT2D eigenvalue weighted by Crippen LogP contribution is 2.16. The Hall–Kier alpha value is -2.56. The molecule has 0 bridgehead atoms. The third-order valence-corrected chi connectivity index (χ3v) is 2.76. The van der Waals surface area contributed by atoms with Crippen LogP contribution in [-0.2, 0) is 6.54 Å². The molecule has 2 amide bonds. The zero-order valence-corrected chi connectivity index (χ0v) is 11.5. The molecule has 104 valence electrons. The molecule has 0 saturated carbocycles. The Morgan fingerprint density at radius 1 is 1.20 bits per heavy atom. The van der Waals surface area contributed by atoms with E-state index in [9.17, 15) is 4.79 Å². The highest BCUT2D eigenvalue weighted by atomic mass is 16.5. The highest BCUT2D eigenvalue weighted by molar-refractivity contribution is 5.88. The molecule has 0 atom stereocenters. The maximum atomic E-state index is 11.8. The van der Waals surface area contributed by atoms with E-state index in [-0.39, 0.29) is 6.03 Å². The number of carbonyl (C=O) groups is 1. The van der Waals surface area contributed by atoms with Gasteiger partial charge in [-0.1, -0.05) is 24.3 Å². The van der Waals surface area contributed by atoms with E-state index < -0.39 is 0 Å². The van der Waals surface area contributed by atoms with Crippen molar-refractivity contribution in [3.63, 3.8) is 0 Å². The number of amides is 2. The summed E-state index contributed by atoms with van der Waals surface area (Å²) in [5, 5.41) is 5.46. The van der Waals surface area contributed by atoms with E-state index in [1.807, 2.05) is 43.3 Å². The maximum Gasteiger partial charge on any atom is 0.320 e. The minimum absolute atomic E-state index is 0.297. The van der Waals surface area contributed by atoms with Gasteiger partial charge in [-0.2, -0.15) is 0 Å². The first kappa shape index (κ1) is 13.9. The molecule has 0 spiro atoms. The van der Waals surface area contributed by atoms with E-state index in [0.29, 0.717) is 12.4 Å². The van der Waals surface area contributed by atoms with Crippen LogP contribution in [0.5, 0.6) is 5.75 Å². The first-order valence-electron chi connectivity index (χ1n) is 6.29. The smallest absolute Gasteiger partial charge is 0.320 e. The lowest BCUT2D eigenvalue weighted by atomic mass is 10.2. The van der Waals surface area contributed by atoms with Gasteiger partial charge in [0.05, 0.1) is 7.11 Å². The lowest BCUT2D eigenvalue weighted by molar-refractivity contribution is 0.251. The van der Waals surface area contributed by atoms with Crippen molar-refractivity contribution in [2.75, 3.05) is 12.4 Å². The van der Waals surface area contributed by atoms with E-state index in [4.69, 9.17) is 4.74 Å². The fourth-order valence-electron chi connectivity index (χ4n) is 1.80. The van der Waals surface area contributed by atoms with Crippen LogP contribution in [0.4, 0.5) is 10.6 Å². The second kappa shape index (κ2) is 6.56. The van der Waals surface area contributed by atoms with E-state index >= 15 is 0 Å². The molecule has 0 aliphatic rings. The van der Waals surface area contributed by atoms with E-state index in [1.54, 1.807) is 13.2 Å². The van der Waals surface area contributed by atoms with Gasteiger partial charge in [0.15, 0.2) is 0 Å². The number of para-hydroxylation sites is 1. The summed E-state index contributed by atoms with van der Waals surface area (Å²) < 4.78 is 5.23. The van der Waals surface area contributed by atoms with Crippen molar-refractivity contribution < 1.29 is 9.53 Å². The summed E-state index contributed by atoms with van der Waals surface area (Å²) in [5.41, 5.74) is 1.77. The number of nitrogens with one attached hydrogen (secondary N) is 2. The number of rotatable bonds is 4. The number of carbonyl (C=O) groups excluding carboxylic acids is 1. The minimum Gasteiger partial charge on any atom is -0.496 e. The van der Waals surface area contributed by atoms with Crippen LogP contribution < -0.4 is 15.4 Å². The SMILES string of the molecule is COc1ccccc1CNC(=O)Nc1cccc(C)n1. The molecule has 5 heteroatoms. The summed E-state index contributed by atoms with van der Waals surface area (Å²) >= 11 is 0. The molecule has 0 aliphatic carbocycles. The summed E-state index contributed by atoms with van der Waals surface area (Å²) in [4.78, 5) is 16.0. The Morgan fingerprint density at radius 3 is 2.75 bits per heavy atom. The molecule has 0 radical (unpaired) electrons. The number of aromatic nitrogens is 1. The van der Waals surface area contributed by atoms with Crippen molar-refractivity contribution in [1.82, 2.24) is 10.3 Å². The fourth-order valence-corrected chi connectivity index (χ4v) is 1.80. The van der Waals surface area contributed by atoms with Gasteiger partial charge >= 0.3 is 6.03 Å². The zero-order valence-electron chi connectivity index (χ0n) is 11.5. The monoisotopic (exact) mass is 271 g/mol. The van der Waals surface area contributed by atoms with Gasteiger partial charge in [0.1, 0.15) is 11.6 Å². The number of pyridine rings is 1. The Balaban J connectivity index is 1.92. The van der Waals surface area contributed by atoms with Crippen molar-refractivity contribution in [3.05, 3.63) is 53.7 Å². The summed E-state index contributed by atoms with van der Waals surface area (Å²) in [6, 6.07) is 12.7. The number of anilines is 1. The van der Waals surface area contributed by atoms with Crippen LogP contribution in [0, 0.1) is 6.92 Å². The van der Waals surface area contributed by atoms with Crippen molar-refractivity contribution >= 4 is 11.8 Å². The predicted molar refractivity (Wildman–Crippen MR) is 77.8 cm³/mol. The molecule has 2 aromatic rings. The molecule has 1 aromatic heterocycles. The quantitative estimate of drug-likeness (QED) is 0.898. The molecule has 0 fully saturated rings. The average Bonchev–Trinajstić information content (AvgIpc) is 2.45. The van der Waals surface area contributed by atoms with Crippen LogP contribution in [0.15, 0.2) is 42.5 Å². The molecule has 0 unspecified atom stereocenters. The third-order valence-electron chi connectivity index (χ3n) is 2.76. The number of methoxy groups -OCH3 is 1. The fraction of sp³-hybridized carbons (Fsp3) is 0.200. The summed E-state index contributed by atoms with van der Waals surface area (Å²) in [5.74, 6) is 1.28. The van der Waals surface area contributed by atoms with Crippen molar-refractivity contribution in [3.8, 4) is 5.75 Å². The van der Waals surface area contributed by atoms with Gasteiger partial charge in [-0.3, -0.25) is 5.32 Å². The Morgan fingerprint density at radius 2 is 2.00 bits per heavy atom. The van der Waals surface area contributed by atoms with Gasteiger partial charge in [0.25, 0.3) is 0 Å². The first-order chi connectivity index (χ1) is 9.69. The number of nitrogens with zero attached hydrogens (tertiary/aromatic N) is 1. The van der Waals surface area contributed by atoms with Gasteiger partial charge < -0.3 is 10.1 Å². The number of hydrogen-bond donors (Lipinski definition) is 2. The second-order valence-electron chi connectivity index (χ2n) is 4.28. The largest absolute Gasteiger partial charge is 0.496 e. The molecular formula is C15H17N3O2. The Bertz CT molecular complexity index is 599. The average molecular weight is 271 g/mol. The zero-order chi connectivity index (χ0) is 14.4.